The fourth-order valence-electron chi connectivity index (χ4n) is 1.80. The molecule has 70 valence electrons. The maximum absolute atomic E-state index is 11.4. The highest BCUT2D eigenvalue weighted by Gasteiger charge is 2.30. The van der Waals surface area contributed by atoms with Crippen LogP contribution in [0, 0.1) is 6.92 Å². The largest absolute Gasteiger partial charge is 0.357 e. The summed E-state index contributed by atoms with van der Waals surface area (Å²) in [5, 5.41) is 10.6. The summed E-state index contributed by atoms with van der Waals surface area (Å²) < 4.78 is 1.92. The number of aromatic nitrogens is 3. The fraction of sp³-hybridized carbons (Fsp3) is 0.625. The van der Waals surface area contributed by atoms with Crippen molar-refractivity contribution >= 4 is 5.91 Å². The van der Waals surface area contributed by atoms with E-state index in [-0.39, 0.29) is 11.9 Å². The lowest BCUT2D eigenvalue weighted by atomic mass is 10.2. The number of amides is 1. The Morgan fingerprint density at radius 2 is 2.38 bits per heavy atom. The molecule has 5 nitrogen and oxygen atoms in total. The van der Waals surface area contributed by atoms with Gasteiger partial charge in [0.2, 0.25) is 5.91 Å². The number of likely N-dealkylation sites (N-methyl/N-ethyl adjacent to an activating group) is 1. The summed E-state index contributed by atoms with van der Waals surface area (Å²) >= 11 is 0. The Kier molecular flexibility index (Phi) is 1.79. The minimum absolute atomic E-state index is 0.0432. The van der Waals surface area contributed by atoms with Crippen LogP contribution in [0.3, 0.4) is 0 Å². The predicted molar refractivity (Wildman–Crippen MR) is 46.2 cm³/mol. The zero-order chi connectivity index (χ0) is 9.42. The van der Waals surface area contributed by atoms with Gasteiger partial charge in [0.15, 0.2) is 0 Å². The van der Waals surface area contributed by atoms with Crippen molar-refractivity contribution in [3.63, 3.8) is 0 Å². The van der Waals surface area contributed by atoms with Crippen LogP contribution in [-0.4, -0.2) is 27.7 Å². The smallest absolute Gasteiger partial charge is 0.242 e. The molecule has 0 bridgehead atoms. The molecule has 2 heterocycles. The van der Waals surface area contributed by atoms with Gasteiger partial charge in [0.25, 0.3) is 0 Å². The number of nitrogens with one attached hydrogen (secondary N) is 1. The maximum Gasteiger partial charge on any atom is 0.242 e. The number of nitrogens with zero attached hydrogens (tertiary/aromatic N) is 3. The average Bonchev–Trinajstić information content (AvgIpc) is 2.68. The van der Waals surface area contributed by atoms with E-state index in [9.17, 15) is 4.79 Å². The third kappa shape index (κ3) is 1.11. The van der Waals surface area contributed by atoms with Crippen LogP contribution in [0.25, 0.3) is 0 Å². The fourth-order valence-corrected chi connectivity index (χ4v) is 1.80. The Labute approximate surface area is 76.2 Å². The van der Waals surface area contributed by atoms with Gasteiger partial charge in [-0.1, -0.05) is 0 Å². The van der Waals surface area contributed by atoms with Crippen LogP contribution in [0.1, 0.15) is 24.1 Å². The Bertz CT molecular complexity index is 344. The van der Waals surface area contributed by atoms with Crippen molar-refractivity contribution in [3.8, 4) is 0 Å². The van der Waals surface area contributed by atoms with Crippen LogP contribution in [0.15, 0.2) is 0 Å². The van der Waals surface area contributed by atoms with Crippen molar-refractivity contribution in [2.24, 2.45) is 0 Å². The number of hydrogen-bond donors (Lipinski definition) is 1. The van der Waals surface area contributed by atoms with E-state index in [2.05, 4.69) is 15.5 Å². The van der Waals surface area contributed by atoms with E-state index in [1.54, 1.807) is 7.05 Å². The number of fused-ring (bicyclic) bond motifs is 1. The van der Waals surface area contributed by atoms with Crippen LogP contribution in [0.5, 0.6) is 0 Å². The lowest BCUT2D eigenvalue weighted by Crippen LogP contribution is -2.28. The van der Waals surface area contributed by atoms with Crippen molar-refractivity contribution in [2.45, 2.75) is 25.8 Å². The molecule has 1 atom stereocenters. The van der Waals surface area contributed by atoms with E-state index in [1.165, 1.54) is 0 Å². The first-order valence-corrected chi connectivity index (χ1v) is 4.36. The van der Waals surface area contributed by atoms with Gasteiger partial charge in [-0.15, -0.1) is 10.2 Å². The van der Waals surface area contributed by atoms with E-state index >= 15 is 0 Å². The molecular formula is C8H12N4O. The van der Waals surface area contributed by atoms with Crippen LogP contribution >= 0.6 is 0 Å². The molecule has 1 aromatic rings. The molecule has 1 aliphatic rings. The standard InChI is InChI=1S/C8H12N4O/c1-5-10-11-7-4-3-6(12(5)7)8(13)9-2/h6H,3-4H2,1-2H3,(H,9,13). The van der Waals surface area contributed by atoms with Crippen LogP contribution in [0.4, 0.5) is 0 Å². The second-order valence-electron chi connectivity index (χ2n) is 3.20. The normalized spacial score (nSPS) is 20.0. The van der Waals surface area contributed by atoms with Crippen molar-refractivity contribution in [3.05, 3.63) is 11.6 Å². The molecule has 0 radical (unpaired) electrons. The van der Waals surface area contributed by atoms with Gasteiger partial charge < -0.3 is 9.88 Å². The van der Waals surface area contributed by atoms with Gasteiger partial charge in [0, 0.05) is 13.5 Å². The lowest BCUT2D eigenvalue weighted by Gasteiger charge is -2.11. The van der Waals surface area contributed by atoms with Crippen LogP contribution in [0.2, 0.25) is 0 Å². The van der Waals surface area contributed by atoms with Gasteiger partial charge in [-0.2, -0.15) is 0 Å². The van der Waals surface area contributed by atoms with Gasteiger partial charge in [0.05, 0.1) is 0 Å². The Balaban J connectivity index is 2.36. The summed E-state index contributed by atoms with van der Waals surface area (Å²) in [4.78, 5) is 11.4. The van der Waals surface area contributed by atoms with Crippen molar-refractivity contribution in [1.29, 1.82) is 0 Å². The highest BCUT2D eigenvalue weighted by Crippen LogP contribution is 2.25. The molecule has 13 heavy (non-hydrogen) atoms. The lowest BCUT2D eigenvalue weighted by molar-refractivity contribution is -0.123. The predicted octanol–water partition coefficient (Wildman–Crippen LogP) is -0.180. The molecule has 0 saturated carbocycles. The molecule has 1 aliphatic heterocycles. The van der Waals surface area contributed by atoms with Crippen molar-refractivity contribution in [2.75, 3.05) is 7.05 Å². The first-order valence-electron chi connectivity index (χ1n) is 4.36. The summed E-state index contributed by atoms with van der Waals surface area (Å²) in [5.41, 5.74) is 0. The third-order valence-corrected chi connectivity index (χ3v) is 2.44. The first-order chi connectivity index (χ1) is 6.24. The molecular weight excluding hydrogens is 168 g/mol. The van der Waals surface area contributed by atoms with E-state index in [0.717, 1.165) is 24.5 Å². The third-order valence-electron chi connectivity index (χ3n) is 2.44. The highest BCUT2D eigenvalue weighted by molar-refractivity contribution is 5.80. The second-order valence-corrected chi connectivity index (χ2v) is 3.20. The Morgan fingerprint density at radius 1 is 1.62 bits per heavy atom. The van der Waals surface area contributed by atoms with Gasteiger partial charge in [0.1, 0.15) is 17.7 Å². The first kappa shape index (κ1) is 8.22. The molecule has 1 aromatic heterocycles. The SMILES string of the molecule is CNC(=O)C1CCc2nnc(C)n21. The summed E-state index contributed by atoms with van der Waals surface area (Å²) in [7, 11) is 1.65. The average molecular weight is 180 g/mol. The molecule has 0 aromatic carbocycles. The highest BCUT2D eigenvalue weighted by atomic mass is 16.2. The molecule has 0 saturated heterocycles. The topological polar surface area (TPSA) is 59.8 Å². The molecule has 0 fully saturated rings. The second kappa shape index (κ2) is 2.83. The van der Waals surface area contributed by atoms with Crippen molar-refractivity contribution < 1.29 is 4.79 Å². The minimum atomic E-state index is -0.102. The van der Waals surface area contributed by atoms with E-state index in [0.29, 0.717) is 0 Å². The van der Waals surface area contributed by atoms with Gasteiger partial charge >= 0.3 is 0 Å². The Hall–Kier alpha value is -1.39. The minimum Gasteiger partial charge on any atom is -0.357 e. The Morgan fingerprint density at radius 3 is 3.08 bits per heavy atom. The quantitative estimate of drug-likeness (QED) is 0.652. The molecule has 1 N–H and O–H groups in total. The number of carbonyl (C=O) groups excluding carboxylic acids is 1. The molecule has 1 amide bonds. The van der Waals surface area contributed by atoms with E-state index in [1.807, 2.05) is 11.5 Å². The van der Waals surface area contributed by atoms with Crippen LogP contribution in [-0.2, 0) is 11.2 Å². The molecule has 0 spiro atoms. The summed E-state index contributed by atoms with van der Waals surface area (Å²) in [6.45, 7) is 1.87. The van der Waals surface area contributed by atoms with Crippen molar-refractivity contribution in [1.82, 2.24) is 20.1 Å². The summed E-state index contributed by atoms with van der Waals surface area (Å²) in [6.07, 6.45) is 1.68. The van der Waals surface area contributed by atoms with Gasteiger partial charge in [-0.3, -0.25) is 4.79 Å². The number of aryl methyl sites for hydroxylation is 2. The zero-order valence-corrected chi connectivity index (χ0v) is 7.74. The molecule has 1 unspecified atom stereocenters. The van der Waals surface area contributed by atoms with Crippen LogP contribution < -0.4 is 5.32 Å². The summed E-state index contributed by atoms with van der Waals surface area (Å²) in [5.74, 6) is 1.79. The van der Waals surface area contributed by atoms with E-state index < -0.39 is 0 Å². The van der Waals surface area contributed by atoms with E-state index in [4.69, 9.17) is 0 Å². The molecule has 0 aliphatic carbocycles. The number of carbonyl (C=O) groups is 1. The number of hydrogen-bond acceptors (Lipinski definition) is 3. The maximum atomic E-state index is 11.4. The summed E-state index contributed by atoms with van der Waals surface area (Å²) in [6, 6.07) is -0.102. The zero-order valence-electron chi connectivity index (χ0n) is 7.74. The monoisotopic (exact) mass is 180 g/mol. The number of rotatable bonds is 1. The van der Waals surface area contributed by atoms with Gasteiger partial charge in [-0.25, -0.2) is 0 Å². The molecule has 2 rings (SSSR count). The molecule has 5 heteroatoms. The van der Waals surface area contributed by atoms with Gasteiger partial charge in [-0.05, 0) is 13.3 Å².